The number of carbonyl (C=O) groups is 2. The SMILES string of the molecule is CS(=O)(=O)Nc1ccc(C(=O)N2CCCN(C(=O)c3ccncc3)CC2)cc1. The summed E-state index contributed by atoms with van der Waals surface area (Å²) in [6, 6.07) is 9.68. The first-order chi connectivity index (χ1) is 13.3. The predicted molar refractivity (Wildman–Crippen MR) is 106 cm³/mol. The van der Waals surface area contributed by atoms with Gasteiger partial charge in [0, 0.05) is 55.4 Å². The van der Waals surface area contributed by atoms with Crippen LogP contribution in [-0.2, 0) is 10.0 Å². The number of aromatic nitrogens is 1. The molecule has 1 fully saturated rings. The molecule has 2 amide bonds. The van der Waals surface area contributed by atoms with Crippen LogP contribution >= 0.6 is 0 Å². The average molecular weight is 402 g/mol. The molecule has 0 radical (unpaired) electrons. The van der Waals surface area contributed by atoms with Crippen LogP contribution in [0.3, 0.4) is 0 Å². The highest BCUT2D eigenvalue weighted by atomic mass is 32.2. The van der Waals surface area contributed by atoms with Crippen molar-refractivity contribution in [3.8, 4) is 0 Å². The van der Waals surface area contributed by atoms with Crippen LogP contribution in [0.4, 0.5) is 5.69 Å². The summed E-state index contributed by atoms with van der Waals surface area (Å²) in [4.78, 5) is 32.8. The van der Waals surface area contributed by atoms with E-state index in [0.29, 0.717) is 49.4 Å². The molecule has 2 heterocycles. The first-order valence-electron chi connectivity index (χ1n) is 8.90. The van der Waals surface area contributed by atoms with Crippen LogP contribution in [0.1, 0.15) is 27.1 Å². The van der Waals surface area contributed by atoms with Gasteiger partial charge in [0.25, 0.3) is 11.8 Å². The molecular formula is C19H22N4O4S. The predicted octanol–water partition coefficient (Wildman–Crippen LogP) is 1.44. The fourth-order valence-corrected chi connectivity index (χ4v) is 3.64. The first-order valence-corrected chi connectivity index (χ1v) is 10.8. The summed E-state index contributed by atoms with van der Waals surface area (Å²) >= 11 is 0. The van der Waals surface area contributed by atoms with Crippen molar-refractivity contribution in [1.29, 1.82) is 0 Å². The maximum absolute atomic E-state index is 12.8. The van der Waals surface area contributed by atoms with Crippen molar-refractivity contribution in [2.24, 2.45) is 0 Å². The molecule has 9 heteroatoms. The molecule has 0 unspecified atom stereocenters. The molecule has 1 aromatic carbocycles. The number of nitrogens with one attached hydrogen (secondary N) is 1. The van der Waals surface area contributed by atoms with Crippen molar-refractivity contribution >= 4 is 27.5 Å². The molecule has 2 aromatic rings. The summed E-state index contributed by atoms with van der Waals surface area (Å²) in [6.07, 6.45) is 4.94. The van der Waals surface area contributed by atoms with Crippen molar-refractivity contribution in [1.82, 2.24) is 14.8 Å². The van der Waals surface area contributed by atoms with Crippen molar-refractivity contribution in [2.45, 2.75) is 6.42 Å². The molecule has 3 rings (SSSR count). The van der Waals surface area contributed by atoms with E-state index in [9.17, 15) is 18.0 Å². The molecule has 0 aliphatic carbocycles. The van der Waals surface area contributed by atoms with Gasteiger partial charge >= 0.3 is 0 Å². The highest BCUT2D eigenvalue weighted by Crippen LogP contribution is 2.15. The zero-order valence-electron chi connectivity index (χ0n) is 15.5. The number of amides is 2. The van der Waals surface area contributed by atoms with Gasteiger partial charge in [-0.15, -0.1) is 0 Å². The van der Waals surface area contributed by atoms with Crippen molar-refractivity contribution in [3.63, 3.8) is 0 Å². The van der Waals surface area contributed by atoms with Crippen LogP contribution in [0.5, 0.6) is 0 Å². The van der Waals surface area contributed by atoms with Gasteiger partial charge < -0.3 is 9.80 Å². The smallest absolute Gasteiger partial charge is 0.254 e. The second-order valence-corrected chi connectivity index (χ2v) is 8.37. The Labute approximate surface area is 164 Å². The average Bonchev–Trinajstić information content (AvgIpc) is 2.93. The Hall–Kier alpha value is -2.94. The molecule has 148 valence electrons. The maximum atomic E-state index is 12.8. The zero-order valence-corrected chi connectivity index (χ0v) is 16.4. The number of anilines is 1. The van der Waals surface area contributed by atoms with E-state index in [1.165, 1.54) is 0 Å². The lowest BCUT2D eigenvalue weighted by Gasteiger charge is -2.22. The molecule has 0 saturated carbocycles. The molecule has 0 atom stereocenters. The molecule has 1 saturated heterocycles. The van der Waals surface area contributed by atoms with Crippen LogP contribution in [0, 0.1) is 0 Å². The highest BCUT2D eigenvalue weighted by molar-refractivity contribution is 7.92. The van der Waals surface area contributed by atoms with Crippen LogP contribution in [0.15, 0.2) is 48.8 Å². The van der Waals surface area contributed by atoms with E-state index in [1.54, 1.807) is 58.6 Å². The van der Waals surface area contributed by atoms with Crippen LogP contribution in [0.25, 0.3) is 0 Å². The minimum Gasteiger partial charge on any atom is -0.337 e. The lowest BCUT2D eigenvalue weighted by atomic mass is 10.2. The molecule has 1 aliphatic rings. The van der Waals surface area contributed by atoms with Crippen LogP contribution < -0.4 is 4.72 Å². The van der Waals surface area contributed by atoms with Gasteiger partial charge in [0.1, 0.15) is 0 Å². The van der Waals surface area contributed by atoms with Gasteiger partial charge in [-0.1, -0.05) is 0 Å². The van der Waals surface area contributed by atoms with Crippen molar-refractivity contribution in [3.05, 3.63) is 59.9 Å². The highest BCUT2D eigenvalue weighted by Gasteiger charge is 2.23. The van der Waals surface area contributed by atoms with Gasteiger partial charge in [-0.2, -0.15) is 0 Å². The third kappa shape index (κ3) is 5.07. The fourth-order valence-electron chi connectivity index (χ4n) is 3.08. The van der Waals surface area contributed by atoms with Gasteiger partial charge in [-0.25, -0.2) is 8.42 Å². The Bertz CT molecular complexity index is 946. The van der Waals surface area contributed by atoms with Crippen LogP contribution in [-0.4, -0.2) is 67.5 Å². The number of carbonyl (C=O) groups excluding carboxylic acids is 2. The molecule has 8 nitrogen and oxygen atoms in total. The largest absolute Gasteiger partial charge is 0.337 e. The number of benzene rings is 1. The maximum Gasteiger partial charge on any atom is 0.254 e. The van der Waals surface area contributed by atoms with E-state index >= 15 is 0 Å². The normalized spacial score (nSPS) is 15.0. The molecule has 1 aliphatic heterocycles. The Morgan fingerprint density at radius 2 is 1.36 bits per heavy atom. The second kappa shape index (κ2) is 8.39. The van der Waals surface area contributed by atoms with E-state index in [-0.39, 0.29) is 11.8 Å². The van der Waals surface area contributed by atoms with E-state index in [4.69, 9.17) is 0 Å². The van der Waals surface area contributed by atoms with E-state index in [1.807, 2.05) is 0 Å². The Morgan fingerprint density at radius 3 is 1.86 bits per heavy atom. The Morgan fingerprint density at radius 1 is 0.857 bits per heavy atom. The van der Waals surface area contributed by atoms with Crippen molar-refractivity contribution < 1.29 is 18.0 Å². The fraction of sp³-hybridized carbons (Fsp3) is 0.316. The number of rotatable bonds is 4. The quantitative estimate of drug-likeness (QED) is 0.834. The topological polar surface area (TPSA) is 99.7 Å². The molecular weight excluding hydrogens is 380 g/mol. The van der Waals surface area contributed by atoms with Gasteiger partial charge in [0.15, 0.2) is 0 Å². The first kappa shape index (κ1) is 19.8. The molecule has 0 spiro atoms. The van der Waals surface area contributed by atoms with Gasteiger partial charge in [-0.05, 0) is 42.8 Å². The van der Waals surface area contributed by atoms with Gasteiger partial charge in [-0.3, -0.25) is 19.3 Å². The number of hydrogen-bond donors (Lipinski definition) is 1. The van der Waals surface area contributed by atoms with E-state index in [2.05, 4.69) is 9.71 Å². The summed E-state index contributed by atoms with van der Waals surface area (Å²) < 4.78 is 24.9. The number of hydrogen-bond acceptors (Lipinski definition) is 5. The summed E-state index contributed by atoms with van der Waals surface area (Å²) in [5, 5.41) is 0. The summed E-state index contributed by atoms with van der Waals surface area (Å²) in [7, 11) is -3.36. The monoisotopic (exact) mass is 402 g/mol. The summed E-state index contributed by atoms with van der Waals surface area (Å²) in [6.45, 7) is 2.05. The molecule has 1 aromatic heterocycles. The second-order valence-electron chi connectivity index (χ2n) is 6.63. The van der Waals surface area contributed by atoms with E-state index < -0.39 is 10.0 Å². The number of nitrogens with zero attached hydrogens (tertiary/aromatic N) is 3. The zero-order chi connectivity index (χ0) is 20.1. The lowest BCUT2D eigenvalue weighted by molar-refractivity contribution is 0.0718. The Balaban J connectivity index is 1.63. The third-order valence-corrected chi connectivity index (χ3v) is 5.04. The molecule has 1 N–H and O–H groups in total. The van der Waals surface area contributed by atoms with Gasteiger partial charge in [0.05, 0.1) is 6.26 Å². The number of sulfonamides is 1. The van der Waals surface area contributed by atoms with Crippen molar-refractivity contribution in [2.75, 3.05) is 37.2 Å². The lowest BCUT2D eigenvalue weighted by Crippen LogP contribution is -2.37. The summed E-state index contributed by atoms with van der Waals surface area (Å²) in [5.41, 5.74) is 1.47. The van der Waals surface area contributed by atoms with Crippen LogP contribution in [0.2, 0.25) is 0 Å². The van der Waals surface area contributed by atoms with E-state index in [0.717, 1.165) is 6.26 Å². The minimum atomic E-state index is -3.36. The summed E-state index contributed by atoms with van der Waals surface area (Å²) in [5.74, 6) is -0.197. The van der Waals surface area contributed by atoms with Gasteiger partial charge in [0.2, 0.25) is 10.0 Å². The Kier molecular flexibility index (Phi) is 5.93. The standard InChI is InChI=1S/C19H22N4O4S/c1-28(26,27)21-17-5-3-15(4-6-17)18(24)22-11-2-12-23(14-13-22)19(25)16-7-9-20-10-8-16/h3-10,21H,2,11-14H2,1H3. The molecule has 0 bridgehead atoms. The third-order valence-electron chi connectivity index (χ3n) is 4.43. The number of pyridine rings is 1. The molecule has 28 heavy (non-hydrogen) atoms. The minimum absolute atomic E-state index is 0.0621.